The molecule has 0 saturated heterocycles. The monoisotopic (exact) mass is 372 g/mol. The summed E-state index contributed by atoms with van der Waals surface area (Å²) in [5.74, 6) is -0.615. The Labute approximate surface area is 163 Å². The maximum Gasteiger partial charge on any atom is 0.330 e. The molecule has 1 N–H and O–H groups in total. The molecule has 0 radical (unpaired) electrons. The summed E-state index contributed by atoms with van der Waals surface area (Å²) in [5.41, 5.74) is 3.24. The van der Waals surface area contributed by atoms with E-state index in [1.54, 1.807) is 37.4 Å². The Bertz CT molecular complexity index is 1030. The second-order valence-electron chi connectivity index (χ2n) is 5.95. The Morgan fingerprint density at radius 3 is 2.57 bits per heavy atom. The average molecular weight is 372 g/mol. The van der Waals surface area contributed by atoms with E-state index in [4.69, 9.17) is 4.74 Å². The van der Waals surface area contributed by atoms with E-state index in [-0.39, 0.29) is 11.9 Å². The summed E-state index contributed by atoms with van der Waals surface area (Å²) in [6, 6.07) is 16.9. The van der Waals surface area contributed by atoms with E-state index < -0.39 is 0 Å². The lowest BCUT2D eigenvalue weighted by Gasteiger charge is -2.03. The van der Waals surface area contributed by atoms with Crippen LogP contribution in [0.2, 0.25) is 0 Å². The zero-order valence-corrected chi connectivity index (χ0v) is 15.5. The summed E-state index contributed by atoms with van der Waals surface area (Å²) in [4.78, 5) is 27.9. The molecule has 0 fully saturated rings. The number of fused-ring (bicyclic) bond motifs is 1. The Kier molecular flexibility index (Phi) is 6.31. The number of carbonyl (C=O) groups excluding carboxylic acids is 2. The maximum atomic E-state index is 12.2. The largest absolute Gasteiger partial charge is 0.463 e. The van der Waals surface area contributed by atoms with Gasteiger partial charge in [0, 0.05) is 35.0 Å². The fourth-order valence-electron chi connectivity index (χ4n) is 2.64. The highest BCUT2D eigenvalue weighted by atomic mass is 16.5. The molecule has 5 heteroatoms. The number of benzene rings is 2. The summed E-state index contributed by atoms with van der Waals surface area (Å²) in [5, 5.41) is 3.84. The summed E-state index contributed by atoms with van der Waals surface area (Å²) >= 11 is 0. The van der Waals surface area contributed by atoms with Crippen molar-refractivity contribution in [2.45, 2.75) is 6.92 Å². The van der Waals surface area contributed by atoms with Crippen molar-refractivity contribution in [2.24, 2.45) is 0 Å². The van der Waals surface area contributed by atoms with Crippen LogP contribution in [0, 0.1) is 0 Å². The lowest BCUT2D eigenvalue weighted by Crippen LogP contribution is -2.07. The first kappa shape index (κ1) is 19.0. The molecule has 3 aromatic rings. The molecular formula is C23H20N2O3. The van der Waals surface area contributed by atoms with Gasteiger partial charge in [-0.2, -0.15) is 0 Å². The van der Waals surface area contributed by atoms with Crippen LogP contribution in [-0.4, -0.2) is 23.5 Å². The second-order valence-corrected chi connectivity index (χ2v) is 5.95. The molecule has 1 aromatic heterocycles. The third kappa shape index (κ3) is 5.14. The molecule has 0 unspecified atom stereocenters. The number of hydrogen-bond acceptors (Lipinski definition) is 4. The third-order valence-electron chi connectivity index (χ3n) is 3.95. The fraction of sp³-hybridized carbons (Fsp3) is 0.0870. The highest BCUT2D eigenvalue weighted by Gasteiger charge is 2.01. The minimum absolute atomic E-state index is 0.234. The van der Waals surface area contributed by atoms with Gasteiger partial charge in [-0.3, -0.25) is 9.78 Å². The van der Waals surface area contributed by atoms with Crippen molar-refractivity contribution >= 4 is 40.6 Å². The van der Waals surface area contributed by atoms with Gasteiger partial charge in [-0.1, -0.05) is 36.4 Å². The predicted molar refractivity (Wildman–Crippen MR) is 112 cm³/mol. The van der Waals surface area contributed by atoms with E-state index in [1.807, 2.05) is 42.5 Å². The predicted octanol–water partition coefficient (Wildman–Crippen LogP) is 4.46. The highest BCUT2D eigenvalue weighted by molar-refractivity contribution is 6.03. The summed E-state index contributed by atoms with van der Waals surface area (Å²) < 4.78 is 4.84. The van der Waals surface area contributed by atoms with Gasteiger partial charge in [0.05, 0.1) is 12.1 Å². The molecule has 140 valence electrons. The molecule has 2 aromatic carbocycles. The van der Waals surface area contributed by atoms with Gasteiger partial charge >= 0.3 is 5.97 Å². The Balaban J connectivity index is 1.63. The second kappa shape index (κ2) is 9.28. The fourth-order valence-corrected chi connectivity index (χ4v) is 2.64. The van der Waals surface area contributed by atoms with E-state index >= 15 is 0 Å². The average Bonchev–Trinajstić information content (AvgIpc) is 2.72. The number of pyridine rings is 1. The number of anilines is 1. The lowest BCUT2D eigenvalue weighted by atomic mass is 10.1. The first-order valence-corrected chi connectivity index (χ1v) is 8.93. The van der Waals surface area contributed by atoms with Gasteiger partial charge < -0.3 is 10.1 Å². The number of nitrogens with one attached hydrogen (secondary N) is 1. The van der Waals surface area contributed by atoms with Crippen molar-refractivity contribution in [2.75, 3.05) is 11.9 Å². The number of ether oxygens (including phenoxy) is 1. The zero-order valence-electron chi connectivity index (χ0n) is 15.5. The SMILES string of the molecule is CCOC(=O)/C=C/c1ccc(NC(=O)/C=C/c2cccc3cccnc23)cc1. The lowest BCUT2D eigenvalue weighted by molar-refractivity contribution is -0.137. The summed E-state index contributed by atoms with van der Waals surface area (Å²) in [7, 11) is 0. The van der Waals surface area contributed by atoms with Crippen LogP contribution in [0.5, 0.6) is 0 Å². The van der Waals surface area contributed by atoms with Gasteiger partial charge in [-0.05, 0) is 42.8 Å². The van der Waals surface area contributed by atoms with Crippen LogP contribution >= 0.6 is 0 Å². The van der Waals surface area contributed by atoms with Crippen LogP contribution in [0.1, 0.15) is 18.1 Å². The first-order chi connectivity index (χ1) is 13.7. The number of rotatable bonds is 6. The molecule has 28 heavy (non-hydrogen) atoms. The number of para-hydroxylation sites is 1. The molecule has 0 spiro atoms. The molecule has 0 aliphatic carbocycles. The van der Waals surface area contributed by atoms with E-state index in [2.05, 4.69) is 10.3 Å². The van der Waals surface area contributed by atoms with Crippen molar-refractivity contribution in [1.29, 1.82) is 0 Å². The van der Waals surface area contributed by atoms with E-state index in [0.717, 1.165) is 22.0 Å². The van der Waals surface area contributed by atoms with Gasteiger partial charge in [0.25, 0.3) is 0 Å². The summed E-state index contributed by atoms with van der Waals surface area (Å²) in [6.45, 7) is 2.10. The number of nitrogens with zero attached hydrogens (tertiary/aromatic N) is 1. The highest BCUT2D eigenvalue weighted by Crippen LogP contribution is 2.17. The number of esters is 1. The molecule has 0 bridgehead atoms. The van der Waals surface area contributed by atoms with Crippen LogP contribution in [-0.2, 0) is 14.3 Å². The van der Waals surface area contributed by atoms with Gasteiger partial charge in [0.1, 0.15) is 0 Å². The Morgan fingerprint density at radius 2 is 1.79 bits per heavy atom. The summed E-state index contributed by atoms with van der Waals surface area (Å²) in [6.07, 6.45) is 8.01. The van der Waals surface area contributed by atoms with E-state index in [9.17, 15) is 9.59 Å². The molecule has 0 atom stereocenters. The van der Waals surface area contributed by atoms with Gasteiger partial charge in [-0.15, -0.1) is 0 Å². The number of aromatic nitrogens is 1. The molecule has 5 nitrogen and oxygen atoms in total. The zero-order chi connectivity index (χ0) is 19.8. The van der Waals surface area contributed by atoms with Crippen LogP contribution in [0.15, 0.2) is 72.9 Å². The molecule has 3 rings (SSSR count). The Hall–Kier alpha value is -3.73. The topological polar surface area (TPSA) is 68.3 Å². The van der Waals surface area contributed by atoms with Crippen molar-refractivity contribution in [3.05, 3.63) is 84.1 Å². The third-order valence-corrected chi connectivity index (χ3v) is 3.95. The minimum atomic E-state index is -0.382. The quantitative estimate of drug-likeness (QED) is 0.512. The molecule has 1 heterocycles. The smallest absolute Gasteiger partial charge is 0.330 e. The molecular weight excluding hydrogens is 352 g/mol. The van der Waals surface area contributed by atoms with Crippen LogP contribution < -0.4 is 5.32 Å². The van der Waals surface area contributed by atoms with Gasteiger partial charge in [0.2, 0.25) is 5.91 Å². The maximum absolute atomic E-state index is 12.2. The van der Waals surface area contributed by atoms with Gasteiger partial charge in [-0.25, -0.2) is 4.79 Å². The van der Waals surface area contributed by atoms with E-state index in [0.29, 0.717) is 12.3 Å². The van der Waals surface area contributed by atoms with Crippen molar-refractivity contribution in [3.8, 4) is 0 Å². The Morgan fingerprint density at radius 1 is 1.00 bits per heavy atom. The van der Waals surface area contributed by atoms with E-state index in [1.165, 1.54) is 12.2 Å². The van der Waals surface area contributed by atoms with Crippen LogP contribution in [0.4, 0.5) is 5.69 Å². The normalized spacial score (nSPS) is 11.2. The molecule has 1 amide bonds. The molecule has 0 aliphatic rings. The van der Waals surface area contributed by atoms with Gasteiger partial charge in [0.15, 0.2) is 0 Å². The van der Waals surface area contributed by atoms with Crippen molar-refractivity contribution in [1.82, 2.24) is 4.98 Å². The minimum Gasteiger partial charge on any atom is -0.463 e. The molecule has 0 saturated carbocycles. The number of amides is 1. The number of carbonyl (C=O) groups is 2. The van der Waals surface area contributed by atoms with Crippen LogP contribution in [0.25, 0.3) is 23.1 Å². The number of hydrogen-bond donors (Lipinski definition) is 1. The van der Waals surface area contributed by atoms with Crippen molar-refractivity contribution < 1.29 is 14.3 Å². The molecule has 0 aliphatic heterocycles. The van der Waals surface area contributed by atoms with Crippen LogP contribution in [0.3, 0.4) is 0 Å². The standard InChI is InChI=1S/C23H20N2O3/c1-2-28-22(27)15-10-17-8-12-20(13-9-17)25-21(26)14-11-19-6-3-5-18-7-4-16-24-23(18)19/h3-16H,2H2,1H3,(H,25,26)/b14-11+,15-10+. The van der Waals surface area contributed by atoms with Crippen molar-refractivity contribution in [3.63, 3.8) is 0 Å². The first-order valence-electron chi connectivity index (χ1n) is 8.93.